The van der Waals surface area contributed by atoms with Crippen molar-refractivity contribution in [2.24, 2.45) is 0 Å². The van der Waals surface area contributed by atoms with E-state index in [9.17, 15) is 8.42 Å². The van der Waals surface area contributed by atoms with Gasteiger partial charge >= 0.3 is 0 Å². The number of nitrogens with zero attached hydrogens (tertiary/aromatic N) is 5. The molecule has 0 N–H and O–H groups in total. The predicted octanol–water partition coefficient (Wildman–Crippen LogP) is 1.93. The Balaban J connectivity index is 1.65. The first-order valence-electron chi connectivity index (χ1n) is 7.94. The second-order valence-electron chi connectivity index (χ2n) is 5.82. The smallest absolute Gasteiger partial charge is 0.252 e. The Morgan fingerprint density at radius 2 is 2.08 bits per heavy atom. The molecule has 0 aromatic carbocycles. The Hall–Kier alpha value is -1.33. The minimum atomic E-state index is -3.37. The molecule has 136 valence electrons. The Bertz CT molecular complexity index is 890. The average Bonchev–Trinajstić information content (AvgIpc) is 3.21. The highest BCUT2D eigenvalue weighted by Gasteiger charge is 2.29. The van der Waals surface area contributed by atoms with E-state index in [1.165, 1.54) is 11.3 Å². The second kappa shape index (κ2) is 7.50. The van der Waals surface area contributed by atoms with Crippen LogP contribution >= 0.6 is 23.6 Å². The van der Waals surface area contributed by atoms with Crippen molar-refractivity contribution in [1.29, 1.82) is 0 Å². The maximum absolute atomic E-state index is 12.6. The summed E-state index contributed by atoms with van der Waals surface area (Å²) < 4.78 is 31.5. The van der Waals surface area contributed by atoms with Gasteiger partial charge in [0.1, 0.15) is 10.0 Å². The molecular weight excluding hydrogens is 378 g/mol. The maximum Gasteiger partial charge on any atom is 0.252 e. The Morgan fingerprint density at radius 3 is 2.68 bits per heavy atom. The molecule has 0 saturated carbocycles. The van der Waals surface area contributed by atoms with Gasteiger partial charge in [-0.3, -0.25) is 4.90 Å². The summed E-state index contributed by atoms with van der Waals surface area (Å²) in [5.41, 5.74) is 0. The summed E-state index contributed by atoms with van der Waals surface area (Å²) in [6.45, 7) is 9.11. The number of allylic oxidation sites excluding steroid dienone is 1. The number of thiophene rings is 1. The molecule has 0 radical (unpaired) electrons. The Morgan fingerprint density at radius 1 is 1.36 bits per heavy atom. The first-order chi connectivity index (χ1) is 11.9. The van der Waals surface area contributed by atoms with Gasteiger partial charge in [0.05, 0.1) is 6.67 Å². The molecule has 0 aliphatic carbocycles. The maximum atomic E-state index is 12.6. The lowest BCUT2D eigenvalue weighted by molar-refractivity contribution is 0.144. The normalized spacial score (nSPS) is 17.0. The average molecular weight is 400 g/mol. The highest BCUT2D eigenvalue weighted by atomic mass is 32.2. The van der Waals surface area contributed by atoms with Gasteiger partial charge in [-0.2, -0.15) is 9.40 Å². The Labute approximate surface area is 156 Å². The molecule has 10 heteroatoms. The van der Waals surface area contributed by atoms with E-state index in [0.29, 0.717) is 48.4 Å². The minimum absolute atomic E-state index is 0.405. The fourth-order valence-electron chi connectivity index (χ4n) is 2.82. The topological polar surface area (TPSA) is 63.4 Å². The van der Waals surface area contributed by atoms with Crippen LogP contribution in [0.1, 0.15) is 5.82 Å². The van der Waals surface area contributed by atoms with Crippen LogP contribution in [0.25, 0.3) is 0 Å². The van der Waals surface area contributed by atoms with E-state index < -0.39 is 10.0 Å². The van der Waals surface area contributed by atoms with Gasteiger partial charge < -0.3 is 4.57 Å². The Kier molecular flexibility index (Phi) is 5.54. The first-order valence-corrected chi connectivity index (χ1v) is 10.7. The zero-order valence-corrected chi connectivity index (χ0v) is 16.5. The number of aryl methyl sites for hydroxylation is 1. The number of hydrogen-bond acceptors (Lipinski definition) is 6. The lowest BCUT2D eigenvalue weighted by Gasteiger charge is -2.33. The zero-order chi connectivity index (χ0) is 18.0. The van der Waals surface area contributed by atoms with Gasteiger partial charge in [-0.1, -0.05) is 12.1 Å². The molecule has 3 rings (SSSR count). The molecule has 0 bridgehead atoms. The van der Waals surface area contributed by atoms with Crippen LogP contribution in [0.15, 0.2) is 34.4 Å². The first kappa shape index (κ1) is 18.5. The summed E-state index contributed by atoms with van der Waals surface area (Å²) in [5, 5.41) is 6.27. The van der Waals surface area contributed by atoms with E-state index in [-0.39, 0.29) is 0 Å². The molecule has 0 unspecified atom stereocenters. The van der Waals surface area contributed by atoms with E-state index in [1.54, 1.807) is 32.6 Å². The summed E-state index contributed by atoms with van der Waals surface area (Å²) in [6, 6.07) is 3.41. The summed E-state index contributed by atoms with van der Waals surface area (Å²) >= 11 is 6.72. The van der Waals surface area contributed by atoms with Crippen LogP contribution in [0, 0.1) is 11.7 Å². The molecule has 1 fully saturated rings. The van der Waals surface area contributed by atoms with E-state index in [4.69, 9.17) is 12.2 Å². The molecule has 7 nitrogen and oxygen atoms in total. The van der Waals surface area contributed by atoms with Crippen molar-refractivity contribution in [1.82, 2.24) is 23.6 Å². The largest absolute Gasteiger partial charge is 0.300 e. The molecule has 1 aliphatic rings. The molecule has 2 aromatic rings. The monoisotopic (exact) mass is 399 g/mol. The molecule has 0 spiro atoms. The fourth-order valence-corrected chi connectivity index (χ4v) is 5.69. The van der Waals surface area contributed by atoms with Crippen molar-refractivity contribution in [2.75, 3.05) is 26.2 Å². The van der Waals surface area contributed by atoms with Crippen LogP contribution in [0.4, 0.5) is 0 Å². The van der Waals surface area contributed by atoms with Crippen LogP contribution in [-0.4, -0.2) is 58.1 Å². The summed E-state index contributed by atoms with van der Waals surface area (Å²) in [7, 11) is -3.37. The zero-order valence-electron chi connectivity index (χ0n) is 14.0. The van der Waals surface area contributed by atoms with Gasteiger partial charge in [0.25, 0.3) is 10.0 Å². The van der Waals surface area contributed by atoms with Crippen LogP contribution in [0.3, 0.4) is 0 Å². The molecule has 0 amide bonds. The molecule has 3 heterocycles. The van der Waals surface area contributed by atoms with Crippen LogP contribution in [-0.2, 0) is 23.2 Å². The van der Waals surface area contributed by atoms with Gasteiger partial charge in [-0.05, 0) is 30.6 Å². The third-order valence-corrected chi connectivity index (χ3v) is 7.88. The third kappa shape index (κ3) is 3.77. The highest BCUT2D eigenvalue weighted by Crippen LogP contribution is 2.22. The number of aromatic nitrogens is 3. The SMILES string of the molecule is C=CCn1c(C)nn(CN2CCN(S(=O)(=O)c3cccs3)CC2)c1=S. The molecule has 25 heavy (non-hydrogen) atoms. The predicted molar refractivity (Wildman–Crippen MR) is 101 cm³/mol. The second-order valence-corrected chi connectivity index (χ2v) is 9.30. The quantitative estimate of drug-likeness (QED) is 0.549. The van der Waals surface area contributed by atoms with E-state index in [2.05, 4.69) is 16.6 Å². The van der Waals surface area contributed by atoms with Crippen molar-refractivity contribution < 1.29 is 8.42 Å². The van der Waals surface area contributed by atoms with Crippen molar-refractivity contribution in [3.63, 3.8) is 0 Å². The number of rotatable bonds is 6. The van der Waals surface area contributed by atoms with Crippen molar-refractivity contribution in [2.45, 2.75) is 24.3 Å². The highest BCUT2D eigenvalue weighted by molar-refractivity contribution is 7.91. The van der Waals surface area contributed by atoms with Crippen molar-refractivity contribution in [3.8, 4) is 0 Å². The molecule has 1 saturated heterocycles. The summed E-state index contributed by atoms with van der Waals surface area (Å²) in [5.74, 6) is 0.851. The van der Waals surface area contributed by atoms with Gasteiger partial charge in [-0.25, -0.2) is 13.1 Å². The molecule has 1 aliphatic heterocycles. The van der Waals surface area contributed by atoms with E-state index in [0.717, 1.165) is 5.82 Å². The minimum Gasteiger partial charge on any atom is -0.300 e. The number of sulfonamides is 1. The lowest BCUT2D eigenvalue weighted by Crippen LogP contribution is -2.48. The molecule has 0 atom stereocenters. The third-order valence-electron chi connectivity index (χ3n) is 4.17. The summed E-state index contributed by atoms with van der Waals surface area (Å²) in [4.78, 5) is 2.17. The van der Waals surface area contributed by atoms with Gasteiger partial charge in [0, 0.05) is 32.7 Å². The molecule has 2 aromatic heterocycles. The fraction of sp³-hybridized carbons (Fsp3) is 0.467. The standard InChI is InChI=1S/C15H21N5O2S3/c1-3-6-19-13(2)16-20(15(19)23)12-17-7-9-18(10-8-17)25(21,22)14-5-4-11-24-14/h3-5,11H,1,6-10,12H2,2H3. The molecular formula is C15H21N5O2S3. The van der Waals surface area contributed by atoms with Crippen LogP contribution in [0.5, 0.6) is 0 Å². The lowest BCUT2D eigenvalue weighted by atomic mass is 10.4. The van der Waals surface area contributed by atoms with Crippen LogP contribution in [0.2, 0.25) is 0 Å². The van der Waals surface area contributed by atoms with Crippen molar-refractivity contribution >= 4 is 33.6 Å². The van der Waals surface area contributed by atoms with Gasteiger partial charge in [-0.15, -0.1) is 17.9 Å². The number of hydrogen-bond donors (Lipinski definition) is 0. The van der Waals surface area contributed by atoms with Crippen LogP contribution < -0.4 is 0 Å². The van der Waals surface area contributed by atoms with Gasteiger partial charge in [0.15, 0.2) is 4.77 Å². The number of piperazine rings is 1. The summed E-state index contributed by atoms with van der Waals surface area (Å²) in [6.07, 6.45) is 1.79. The van der Waals surface area contributed by atoms with E-state index in [1.807, 2.05) is 11.5 Å². The van der Waals surface area contributed by atoms with E-state index >= 15 is 0 Å². The van der Waals surface area contributed by atoms with Crippen molar-refractivity contribution in [3.05, 3.63) is 40.8 Å². The van der Waals surface area contributed by atoms with Gasteiger partial charge in [0.2, 0.25) is 0 Å².